The highest BCUT2D eigenvalue weighted by Crippen LogP contribution is 2.31. The molecule has 3 aromatic rings. The molecule has 36 heavy (non-hydrogen) atoms. The summed E-state index contributed by atoms with van der Waals surface area (Å²) >= 11 is 15.6. The van der Waals surface area contributed by atoms with E-state index in [0.717, 1.165) is 50.5 Å². The normalized spacial score (nSPS) is 13.1. The SMILES string of the molecule is O=C(CSc1nc2ccc(NC(=O)CSC(=S)N3CCCC3)cc2s1)NCCOc1ccc(Cl)cc1. The number of ether oxygens (including phenoxy) is 1. The molecule has 12 heteroatoms. The fourth-order valence-electron chi connectivity index (χ4n) is 3.43. The third kappa shape index (κ3) is 8.24. The van der Waals surface area contributed by atoms with Crippen LogP contribution in [0.4, 0.5) is 5.69 Å². The Morgan fingerprint density at radius 3 is 2.67 bits per heavy atom. The first-order valence-electron chi connectivity index (χ1n) is 11.4. The van der Waals surface area contributed by atoms with Gasteiger partial charge in [0.05, 0.1) is 28.3 Å². The zero-order chi connectivity index (χ0) is 25.3. The molecule has 0 radical (unpaired) electrons. The van der Waals surface area contributed by atoms with Crippen molar-refractivity contribution in [3.05, 3.63) is 47.5 Å². The van der Waals surface area contributed by atoms with Gasteiger partial charge in [0.2, 0.25) is 11.8 Å². The number of hydrogen-bond donors (Lipinski definition) is 2. The standard InChI is InChI=1S/C24H25ClN4O3S4/c25-16-3-6-18(7-4-16)32-12-9-26-21(30)14-34-23-28-19-8-5-17(13-20(19)36-23)27-22(31)15-35-24(33)29-10-1-2-11-29/h3-8,13H,1-2,9-12,14-15H2,(H,26,30)(H,27,31). The molecule has 0 aliphatic carbocycles. The number of benzene rings is 2. The molecule has 1 aliphatic heterocycles. The first kappa shape index (κ1) is 27.0. The van der Waals surface area contributed by atoms with Crippen molar-refractivity contribution in [2.45, 2.75) is 17.2 Å². The first-order chi connectivity index (χ1) is 17.5. The summed E-state index contributed by atoms with van der Waals surface area (Å²) in [6.45, 7) is 2.74. The number of amides is 2. The Morgan fingerprint density at radius 2 is 1.89 bits per heavy atom. The average molecular weight is 581 g/mol. The number of fused-ring (bicyclic) bond motifs is 1. The van der Waals surface area contributed by atoms with Crippen LogP contribution in [0.1, 0.15) is 12.8 Å². The minimum Gasteiger partial charge on any atom is -0.492 e. The van der Waals surface area contributed by atoms with E-state index in [1.807, 2.05) is 18.2 Å². The molecule has 2 N–H and O–H groups in total. The highest BCUT2D eigenvalue weighted by molar-refractivity contribution is 8.23. The van der Waals surface area contributed by atoms with E-state index in [4.69, 9.17) is 28.6 Å². The Kier molecular flexibility index (Phi) is 10.1. The number of nitrogens with zero attached hydrogens (tertiary/aromatic N) is 2. The highest BCUT2D eigenvalue weighted by Gasteiger charge is 2.16. The Labute approximate surface area is 232 Å². The number of halogens is 1. The lowest BCUT2D eigenvalue weighted by molar-refractivity contribution is -0.118. The quantitative estimate of drug-likeness (QED) is 0.190. The number of likely N-dealkylation sites (tertiary alicyclic amines) is 1. The van der Waals surface area contributed by atoms with E-state index < -0.39 is 0 Å². The number of nitrogens with one attached hydrogen (secondary N) is 2. The Hall–Kier alpha value is -2.05. The van der Waals surface area contributed by atoms with Gasteiger partial charge in [-0.2, -0.15) is 0 Å². The second-order valence-corrected chi connectivity index (χ2v) is 12.2. The van der Waals surface area contributed by atoms with Crippen LogP contribution in [0.3, 0.4) is 0 Å². The Bertz CT molecular complexity index is 1220. The van der Waals surface area contributed by atoms with Crippen LogP contribution in [0.5, 0.6) is 5.75 Å². The summed E-state index contributed by atoms with van der Waals surface area (Å²) in [4.78, 5) is 31.3. The van der Waals surface area contributed by atoms with Crippen molar-refractivity contribution in [3.8, 4) is 5.75 Å². The van der Waals surface area contributed by atoms with Gasteiger partial charge in [0.15, 0.2) is 4.34 Å². The maximum Gasteiger partial charge on any atom is 0.234 e. The molecule has 2 amide bonds. The largest absolute Gasteiger partial charge is 0.492 e. The van der Waals surface area contributed by atoms with Gasteiger partial charge >= 0.3 is 0 Å². The zero-order valence-electron chi connectivity index (χ0n) is 19.3. The summed E-state index contributed by atoms with van der Waals surface area (Å²) in [7, 11) is 0. The van der Waals surface area contributed by atoms with E-state index in [1.54, 1.807) is 24.3 Å². The molecule has 0 atom stereocenters. The molecule has 2 aromatic carbocycles. The number of thioether (sulfide) groups is 2. The molecular weight excluding hydrogens is 556 g/mol. The molecule has 190 valence electrons. The van der Waals surface area contributed by atoms with E-state index in [2.05, 4.69) is 20.5 Å². The monoisotopic (exact) mass is 580 g/mol. The van der Waals surface area contributed by atoms with Gasteiger partial charge in [0.1, 0.15) is 16.7 Å². The molecule has 0 saturated carbocycles. The number of thiocarbonyl (C=S) groups is 1. The van der Waals surface area contributed by atoms with Crippen molar-refractivity contribution in [1.29, 1.82) is 0 Å². The lowest BCUT2D eigenvalue weighted by atomic mass is 10.3. The number of carbonyl (C=O) groups is 2. The third-order valence-corrected chi connectivity index (χ3v) is 9.11. The fourth-order valence-corrected chi connectivity index (χ4v) is 6.54. The van der Waals surface area contributed by atoms with Crippen LogP contribution >= 0.6 is 58.7 Å². The van der Waals surface area contributed by atoms with Gasteiger partial charge < -0.3 is 20.3 Å². The van der Waals surface area contributed by atoms with Crippen LogP contribution in [0.2, 0.25) is 5.02 Å². The van der Waals surface area contributed by atoms with Gasteiger partial charge in [0.25, 0.3) is 0 Å². The molecule has 0 unspecified atom stereocenters. The minimum atomic E-state index is -0.0868. The number of aromatic nitrogens is 1. The molecule has 7 nitrogen and oxygen atoms in total. The number of rotatable bonds is 10. The van der Waals surface area contributed by atoms with E-state index in [-0.39, 0.29) is 23.3 Å². The smallest absolute Gasteiger partial charge is 0.234 e. The third-order valence-electron chi connectivity index (χ3n) is 5.18. The van der Waals surface area contributed by atoms with Crippen LogP contribution in [0.15, 0.2) is 46.8 Å². The van der Waals surface area contributed by atoms with Gasteiger partial charge in [-0.05, 0) is 55.3 Å². The minimum absolute atomic E-state index is 0.0864. The van der Waals surface area contributed by atoms with E-state index in [1.165, 1.54) is 34.9 Å². The molecule has 1 aliphatic rings. The Balaban J connectivity index is 1.18. The number of thiazole rings is 1. The van der Waals surface area contributed by atoms with Crippen molar-refractivity contribution >= 4 is 90.7 Å². The fraction of sp³-hybridized carbons (Fsp3) is 0.333. The van der Waals surface area contributed by atoms with Crippen molar-refractivity contribution in [2.75, 3.05) is 43.1 Å². The van der Waals surface area contributed by atoms with Gasteiger partial charge in [-0.1, -0.05) is 47.3 Å². The first-order valence-corrected chi connectivity index (χ1v) is 14.9. The Morgan fingerprint density at radius 1 is 1.11 bits per heavy atom. The molecule has 1 saturated heterocycles. The lowest BCUT2D eigenvalue weighted by Crippen LogP contribution is -2.29. The van der Waals surface area contributed by atoms with Gasteiger partial charge in [-0.3, -0.25) is 9.59 Å². The van der Waals surface area contributed by atoms with Crippen LogP contribution in [-0.4, -0.2) is 63.8 Å². The summed E-state index contributed by atoms with van der Waals surface area (Å²) in [5.41, 5.74) is 1.56. The predicted molar refractivity (Wildman–Crippen MR) is 155 cm³/mol. The average Bonchev–Trinajstić information content (AvgIpc) is 3.55. The van der Waals surface area contributed by atoms with Crippen molar-refractivity contribution in [2.24, 2.45) is 0 Å². The summed E-state index contributed by atoms with van der Waals surface area (Å²) in [5.74, 6) is 1.08. The molecule has 0 spiro atoms. The van der Waals surface area contributed by atoms with Crippen LogP contribution in [0.25, 0.3) is 10.2 Å². The second-order valence-electron chi connectivity index (χ2n) is 7.90. The maximum atomic E-state index is 12.4. The second kappa shape index (κ2) is 13.5. The van der Waals surface area contributed by atoms with Crippen LogP contribution in [0, 0.1) is 0 Å². The summed E-state index contributed by atoms with van der Waals surface area (Å²) in [5, 5.41) is 6.42. The predicted octanol–water partition coefficient (Wildman–Crippen LogP) is 5.29. The summed E-state index contributed by atoms with van der Waals surface area (Å²) < 4.78 is 8.11. The van der Waals surface area contributed by atoms with Crippen molar-refractivity contribution in [3.63, 3.8) is 0 Å². The van der Waals surface area contributed by atoms with Gasteiger partial charge in [0, 0.05) is 23.8 Å². The van der Waals surface area contributed by atoms with Crippen molar-refractivity contribution < 1.29 is 14.3 Å². The maximum absolute atomic E-state index is 12.4. The van der Waals surface area contributed by atoms with Gasteiger partial charge in [-0.25, -0.2) is 4.98 Å². The van der Waals surface area contributed by atoms with Crippen molar-refractivity contribution in [1.82, 2.24) is 15.2 Å². The zero-order valence-corrected chi connectivity index (χ0v) is 23.4. The molecule has 4 rings (SSSR count). The molecular formula is C24H25ClN4O3S4. The van der Waals surface area contributed by atoms with Gasteiger partial charge in [-0.15, -0.1) is 11.3 Å². The topological polar surface area (TPSA) is 83.6 Å². The van der Waals surface area contributed by atoms with E-state index in [9.17, 15) is 9.59 Å². The van der Waals surface area contributed by atoms with E-state index in [0.29, 0.717) is 23.9 Å². The number of hydrogen-bond acceptors (Lipinski definition) is 8. The molecule has 1 aromatic heterocycles. The highest BCUT2D eigenvalue weighted by atomic mass is 35.5. The van der Waals surface area contributed by atoms with E-state index >= 15 is 0 Å². The molecule has 0 bridgehead atoms. The molecule has 2 heterocycles. The lowest BCUT2D eigenvalue weighted by Gasteiger charge is -2.17. The van der Waals surface area contributed by atoms with Crippen LogP contribution in [-0.2, 0) is 9.59 Å². The number of carbonyl (C=O) groups excluding carboxylic acids is 2. The summed E-state index contributed by atoms with van der Waals surface area (Å²) in [6, 6.07) is 12.7. The molecule has 1 fully saturated rings. The summed E-state index contributed by atoms with van der Waals surface area (Å²) in [6.07, 6.45) is 2.32. The number of anilines is 1. The van der Waals surface area contributed by atoms with Crippen LogP contribution < -0.4 is 15.4 Å².